The van der Waals surface area contributed by atoms with Crippen molar-refractivity contribution >= 4 is 34.8 Å². The van der Waals surface area contributed by atoms with Crippen LogP contribution >= 0.6 is 23.2 Å². The van der Waals surface area contributed by atoms with E-state index in [-0.39, 0.29) is 17.2 Å². The molecule has 106 valence electrons. The molecule has 1 aromatic carbocycles. The van der Waals surface area contributed by atoms with Crippen molar-refractivity contribution in [2.45, 2.75) is 6.92 Å². The predicted molar refractivity (Wildman–Crippen MR) is 79.2 cm³/mol. The molecule has 2 aromatic heterocycles. The fourth-order valence-corrected chi connectivity index (χ4v) is 2.14. The number of hydrogen-bond acceptors (Lipinski definition) is 6. The van der Waals surface area contributed by atoms with Gasteiger partial charge in [0.1, 0.15) is 12.7 Å². The molecule has 1 N–H and O–H groups in total. The van der Waals surface area contributed by atoms with Crippen LogP contribution < -0.4 is 5.32 Å². The Morgan fingerprint density at radius 3 is 2.71 bits per heavy atom. The van der Waals surface area contributed by atoms with E-state index in [4.69, 9.17) is 23.2 Å². The minimum absolute atomic E-state index is 0.0442. The van der Waals surface area contributed by atoms with Crippen molar-refractivity contribution in [1.82, 2.24) is 29.7 Å². The van der Waals surface area contributed by atoms with E-state index in [1.807, 2.05) is 19.1 Å². The second-order valence-corrected chi connectivity index (χ2v) is 4.87. The molecule has 0 saturated heterocycles. The van der Waals surface area contributed by atoms with Crippen LogP contribution in [0.5, 0.6) is 0 Å². The number of hydrogen-bond donors (Lipinski definition) is 1. The van der Waals surface area contributed by atoms with Crippen LogP contribution in [0.4, 0.5) is 11.6 Å². The fraction of sp³-hybridized carbons (Fsp3) is 0.0833. The molecule has 7 nitrogen and oxygen atoms in total. The second-order valence-electron chi connectivity index (χ2n) is 4.12. The maximum absolute atomic E-state index is 6.16. The molecule has 9 heteroatoms. The Morgan fingerprint density at radius 1 is 1.14 bits per heavy atom. The Bertz CT molecular complexity index is 753. The number of para-hydroxylation sites is 1. The Morgan fingerprint density at radius 2 is 2.00 bits per heavy atom. The lowest BCUT2D eigenvalue weighted by atomic mass is 10.2. The molecular weight excluding hydrogens is 313 g/mol. The lowest BCUT2D eigenvalue weighted by Crippen LogP contribution is -2.07. The minimum Gasteiger partial charge on any atom is -0.322 e. The Hall–Kier alpha value is -2.25. The van der Waals surface area contributed by atoms with Gasteiger partial charge in [-0.3, -0.25) is 0 Å². The topological polar surface area (TPSA) is 81.4 Å². The first kappa shape index (κ1) is 13.7. The summed E-state index contributed by atoms with van der Waals surface area (Å²) >= 11 is 12.1. The first-order valence-electron chi connectivity index (χ1n) is 5.92. The molecule has 21 heavy (non-hydrogen) atoms. The van der Waals surface area contributed by atoms with Gasteiger partial charge in [-0.2, -0.15) is 24.7 Å². The summed E-state index contributed by atoms with van der Waals surface area (Å²) in [5.41, 5.74) is 1.67. The van der Waals surface area contributed by atoms with Gasteiger partial charge in [-0.25, -0.2) is 4.98 Å². The van der Waals surface area contributed by atoms with Crippen LogP contribution in [0.1, 0.15) is 5.56 Å². The third kappa shape index (κ3) is 2.93. The summed E-state index contributed by atoms with van der Waals surface area (Å²) in [6.45, 7) is 1.93. The van der Waals surface area contributed by atoms with Crippen molar-refractivity contribution in [3.63, 3.8) is 0 Å². The third-order valence-corrected chi connectivity index (χ3v) is 3.16. The summed E-state index contributed by atoms with van der Waals surface area (Å²) in [4.78, 5) is 16.1. The number of nitrogens with one attached hydrogen (secondary N) is 1. The van der Waals surface area contributed by atoms with Gasteiger partial charge in [0.05, 0.1) is 10.7 Å². The molecule has 0 bridgehead atoms. The van der Waals surface area contributed by atoms with Gasteiger partial charge in [0.25, 0.3) is 5.95 Å². The molecule has 3 aromatic rings. The SMILES string of the molecule is Cc1cccc(Cl)c1Nc1nc(Cl)nc(-n2cncn2)n1. The molecule has 2 heterocycles. The molecule has 0 spiro atoms. The first-order valence-corrected chi connectivity index (χ1v) is 6.68. The van der Waals surface area contributed by atoms with Crippen LogP contribution in [-0.4, -0.2) is 29.7 Å². The number of anilines is 2. The molecule has 0 radical (unpaired) electrons. The summed E-state index contributed by atoms with van der Waals surface area (Å²) in [6.07, 6.45) is 2.85. The van der Waals surface area contributed by atoms with Crippen LogP contribution in [0.2, 0.25) is 10.3 Å². The lowest BCUT2D eigenvalue weighted by Gasteiger charge is -2.10. The van der Waals surface area contributed by atoms with Gasteiger partial charge in [-0.05, 0) is 30.2 Å². The van der Waals surface area contributed by atoms with Gasteiger partial charge in [0.2, 0.25) is 11.2 Å². The van der Waals surface area contributed by atoms with E-state index in [2.05, 4.69) is 30.4 Å². The summed E-state index contributed by atoms with van der Waals surface area (Å²) in [6, 6.07) is 5.57. The first-order chi connectivity index (χ1) is 10.1. The van der Waals surface area contributed by atoms with Gasteiger partial charge in [0.15, 0.2) is 0 Å². The molecule has 0 fully saturated rings. The molecule has 0 saturated carbocycles. The number of aromatic nitrogens is 6. The number of rotatable bonds is 3. The van der Waals surface area contributed by atoms with Crippen LogP contribution in [0, 0.1) is 6.92 Å². The van der Waals surface area contributed by atoms with E-state index >= 15 is 0 Å². The standard InChI is InChI=1S/C12H9Cl2N7/c1-7-3-2-4-8(13)9(7)17-11-18-10(14)19-12(20-11)21-6-15-5-16-21/h2-6H,1H3,(H,17,18,19,20). The van der Waals surface area contributed by atoms with E-state index in [0.29, 0.717) is 10.7 Å². The van der Waals surface area contributed by atoms with E-state index in [1.165, 1.54) is 17.3 Å². The number of nitrogens with zero attached hydrogens (tertiary/aromatic N) is 6. The highest BCUT2D eigenvalue weighted by Gasteiger charge is 2.10. The van der Waals surface area contributed by atoms with Crippen molar-refractivity contribution in [2.75, 3.05) is 5.32 Å². The smallest absolute Gasteiger partial charge is 0.258 e. The number of aryl methyl sites for hydroxylation is 1. The van der Waals surface area contributed by atoms with E-state index in [1.54, 1.807) is 6.07 Å². The Labute approximate surface area is 130 Å². The zero-order chi connectivity index (χ0) is 14.8. The van der Waals surface area contributed by atoms with Crippen LogP contribution in [0.25, 0.3) is 5.95 Å². The largest absolute Gasteiger partial charge is 0.322 e. The highest BCUT2D eigenvalue weighted by Crippen LogP contribution is 2.27. The van der Waals surface area contributed by atoms with E-state index in [0.717, 1.165) is 5.56 Å². The Balaban J connectivity index is 2.00. The number of benzene rings is 1. The highest BCUT2D eigenvalue weighted by atomic mass is 35.5. The maximum Gasteiger partial charge on any atom is 0.258 e. The van der Waals surface area contributed by atoms with Gasteiger partial charge in [-0.15, -0.1) is 0 Å². The van der Waals surface area contributed by atoms with Crippen molar-refractivity contribution in [1.29, 1.82) is 0 Å². The van der Waals surface area contributed by atoms with E-state index < -0.39 is 0 Å². The fourth-order valence-electron chi connectivity index (χ4n) is 1.71. The average Bonchev–Trinajstić information content (AvgIpc) is 2.97. The van der Waals surface area contributed by atoms with Crippen molar-refractivity contribution in [3.8, 4) is 5.95 Å². The van der Waals surface area contributed by atoms with Crippen LogP contribution in [0.3, 0.4) is 0 Å². The predicted octanol–water partition coefficient (Wildman–Crippen LogP) is 2.81. The molecule has 0 amide bonds. The Kier molecular flexibility index (Phi) is 3.68. The molecule has 0 unspecified atom stereocenters. The van der Waals surface area contributed by atoms with Crippen LogP contribution in [-0.2, 0) is 0 Å². The van der Waals surface area contributed by atoms with Gasteiger partial charge in [0, 0.05) is 0 Å². The maximum atomic E-state index is 6.16. The molecule has 3 rings (SSSR count). The monoisotopic (exact) mass is 321 g/mol. The highest BCUT2D eigenvalue weighted by molar-refractivity contribution is 6.33. The minimum atomic E-state index is 0.0442. The summed E-state index contributed by atoms with van der Waals surface area (Å²) in [5.74, 6) is 0.538. The number of halogens is 2. The third-order valence-electron chi connectivity index (χ3n) is 2.68. The molecule has 0 aliphatic heterocycles. The molecule has 0 aliphatic carbocycles. The molecular formula is C12H9Cl2N7. The summed E-state index contributed by atoms with van der Waals surface area (Å²) < 4.78 is 1.39. The van der Waals surface area contributed by atoms with Gasteiger partial charge < -0.3 is 5.32 Å². The van der Waals surface area contributed by atoms with Gasteiger partial charge >= 0.3 is 0 Å². The average molecular weight is 322 g/mol. The quantitative estimate of drug-likeness (QED) is 0.798. The zero-order valence-electron chi connectivity index (χ0n) is 10.8. The zero-order valence-corrected chi connectivity index (χ0v) is 12.3. The molecule has 0 atom stereocenters. The van der Waals surface area contributed by atoms with Crippen molar-refractivity contribution in [3.05, 3.63) is 46.7 Å². The normalized spacial score (nSPS) is 10.6. The van der Waals surface area contributed by atoms with E-state index in [9.17, 15) is 0 Å². The van der Waals surface area contributed by atoms with Crippen molar-refractivity contribution in [2.24, 2.45) is 0 Å². The summed E-state index contributed by atoms with van der Waals surface area (Å²) in [5, 5.41) is 7.60. The van der Waals surface area contributed by atoms with Crippen molar-refractivity contribution < 1.29 is 0 Å². The summed E-state index contributed by atoms with van der Waals surface area (Å²) in [7, 11) is 0. The van der Waals surface area contributed by atoms with Crippen LogP contribution in [0.15, 0.2) is 30.9 Å². The lowest BCUT2D eigenvalue weighted by molar-refractivity contribution is 0.796. The second kappa shape index (κ2) is 5.63. The van der Waals surface area contributed by atoms with Gasteiger partial charge in [-0.1, -0.05) is 23.7 Å². The molecule has 0 aliphatic rings.